The van der Waals surface area contributed by atoms with Gasteiger partial charge in [0.05, 0.1) is 11.3 Å². The van der Waals surface area contributed by atoms with E-state index < -0.39 is 11.7 Å². The Morgan fingerprint density at radius 3 is 2.16 bits per heavy atom. The minimum Gasteiger partial charge on any atom is -0.411 e. The van der Waals surface area contributed by atoms with E-state index in [1.165, 1.54) is 12.1 Å². The molecular weight excluding hydrogens is 257 g/mol. The summed E-state index contributed by atoms with van der Waals surface area (Å²) in [5.74, 6) is 0. The number of benzene rings is 1. The number of hydrogen-bond donors (Lipinski definition) is 1. The third-order valence-corrected chi connectivity index (χ3v) is 3.26. The summed E-state index contributed by atoms with van der Waals surface area (Å²) in [4.78, 5) is 2.14. The van der Waals surface area contributed by atoms with Crippen LogP contribution in [0.4, 0.5) is 13.2 Å². The fourth-order valence-corrected chi connectivity index (χ4v) is 2.13. The smallest absolute Gasteiger partial charge is 0.411 e. The second-order valence-electron chi connectivity index (χ2n) is 4.64. The molecule has 6 heteroatoms. The first-order chi connectivity index (χ1) is 8.99. The molecule has 1 aromatic rings. The molecule has 0 radical (unpaired) electrons. The molecule has 0 amide bonds. The monoisotopic (exact) mass is 272 g/mol. The van der Waals surface area contributed by atoms with Gasteiger partial charge < -0.3 is 5.21 Å². The molecular formula is C13H15F3N2O. The van der Waals surface area contributed by atoms with Crippen molar-refractivity contribution in [2.24, 2.45) is 5.16 Å². The third kappa shape index (κ3) is 3.70. The van der Waals surface area contributed by atoms with Crippen LogP contribution in [0, 0.1) is 0 Å². The van der Waals surface area contributed by atoms with E-state index in [2.05, 4.69) is 10.1 Å². The Balaban J connectivity index is 1.94. The minimum absolute atomic E-state index is 0.621. The molecule has 1 saturated heterocycles. The van der Waals surface area contributed by atoms with Gasteiger partial charge in [-0.15, -0.1) is 0 Å². The summed E-state index contributed by atoms with van der Waals surface area (Å²) in [6.45, 7) is 2.15. The van der Waals surface area contributed by atoms with Crippen molar-refractivity contribution in [2.75, 3.05) is 13.1 Å². The highest BCUT2D eigenvalue weighted by molar-refractivity contribution is 5.84. The van der Waals surface area contributed by atoms with Crippen LogP contribution in [0.15, 0.2) is 29.4 Å². The lowest BCUT2D eigenvalue weighted by molar-refractivity contribution is -0.137. The van der Waals surface area contributed by atoms with Gasteiger partial charge in [-0.05, 0) is 17.7 Å². The molecule has 1 fully saturated rings. The Morgan fingerprint density at radius 1 is 1.11 bits per heavy atom. The number of nitrogens with zero attached hydrogens (tertiary/aromatic N) is 2. The van der Waals surface area contributed by atoms with Crippen molar-refractivity contribution in [3.05, 3.63) is 35.4 Å². The summed E-state index contributed by atoms with van der Waals surface area (Å²) in [7, 11) is 0. The first-order valence-corrected chi connectivity index (χ1v) is 6.07. The van der Waals surface area contributed by atoms with Crippen molar-refractivity contribution in [1.82, 2.24) is 4.90 Å². The summed E-state index contributed by atoms with van der Waals surface area (Å²) in [5, 5.41) is 11.8. The van der Waals surface area contributed by atoms with Gasteiger partial charge in [0.15, 0.2) is 0 Å². The van der Waals surface area contributed by atoms with Crippen LogP contribution in [0.2, 0.25) is 0 Å². The van der Waals surface area contributed by atoms with Crippen molar-refractivity contribution < 1.29 is 18.4 Å². The van der Waals surface area contributed by atoms with Gasteiger partial charge in [0.2, 0.25) is 0 Å². The van der Waals surface area contributed by atoms with Gasteiger partial charge in [0, 0.05) is 32.5 Å². The average Bonchev–Trinajstić information content (AvgIpc) is 2.39. The highest BCUT2D eigenvalue weighted by Crippen LogP contribution is 2.29. The Kier molecular flexibility index (Phi) is 4.09. The van der Waals surface area contributed by atoms with E-state index in [-0.39, 0.29) is 0 Å². The lowest BCUT2D eigenvalue weighted by Gasteiger charge is -2.27. The molecule has 0 aliphatic carbocycles. The fraction of sp³-hybridized carbons (Fsp3) is 0.462. The molecule has 1 aromatic carbocycles. The Hall–Kier alpha value is -1.56. The molecule has 1 N–H and O–H groups in total. The molecule has 3 nitrogen and oxygen atoms in total. The molecule has 0 spiro atoms. The van der Waals surface area contributed by atoms with Crippen molar-refractivity contribution in [1.29, 1.82) is 0 Å². The van der Waals surface area contributed by atoms with Crippen LogP contribution >= 0.6 is 0 Å². The maximum Gasteiger partial charge on any atom is 0.416 e. The van der Waals surface area contributed by atoms with Gasteiger partial charge >= 0.3 is 6.18 Å². The molecule has 1 aliphatic rings. The summed E-state index contributed by atoms with van der Waals surface area (Å²) >= 11 is 0. The normalized spacial score (nSPS) is 17.5. The largest absolute Gasteiger partial charge is 0.416 e. The van der Waals surface area contributed by atoms with Crippen LogP contribution in [0.25, 0.3) is 0 Å². The molecule has 0 atom stereocenters. The van der Waals surface area contributed by atoms with E-state index in [0.717, 1.165) is 36.5 Å². The Bertz CT molecular complexity index is 444. The van der Waals surface area contributed by atoms with Gasteiger partial charge in [0.25, 0.3) is 0 Å². The molecule has 0 bridgehead atoms. The molecule has 1 aliphatic heterocycles. The maximum absolute atomic E-state index is 12.4. The van der Waals surface area contributed by atoms with Gasteiger partial charge in [-0.25, -0.2) is 0 Å². The van der Waals surface area contributed by atoms with E-state index in [1.54, 1.807) is 0 Å². The predicted octanol–water partition coefficient (Wildman–Crippen LogP) is 3.13. The van der Waals surface area contributed by atoms with Gasteiger partial charge in [0.1, 0.15) is 0 Å². The zero-order valence-corrected chi connectivity index (χ0v) is 10.3. The van der Waals surface area contributed by atoms with Gasteiger partial charge in [-0.2, -0.15) is 13.2 Å². The zero-order chi connectivity index (χ0) is 13.9. The number of alkyl halides is 3. The lowest BCUT2D eigenvalue weighted by atomic mass is 10.1. The summed E-state index contributed by atoms with van der Waals surface area (Å²) in [6.07, 6.45) is -2.87. The van der Waals surface area contributed by atoms with Gasteiger partial charge in [-0.1, -0.05) is 17.3 Å². The van der Waals surface area contributed by atoms with Crippen molar-refractivity contribution in [3.63, 3.8) is 0 Å². The molecule has 104 valence electrons. The van der Waals surface area contributed by atoms with Crippen molar-refractivity contribution in [3.8, 4) is 0 Å². The summed E-state index contributed by atoms with van der Waals surface area (Å²) < 4.78 is 37.2. The van der Waals surface area contributed by atoms with Crippen LogP contribution in [0.5, 0.6) is 0 Å². The second-order valence-corrected chi connectivity index (χ2v) is 4.64. The predicted molar refractivity (Wildman–Crippen MR) is 65.2 cm³/mol. The topological polar surface area (TPSA) is 35.8 Å². The fourth-order valence-electron chi connectivity index (χ4n) is 2.13. The minimum atomic E-state index is -4.28. The SMILES string of the molecule is ON=C1CCN(Cc2ccc(C(F)(F)F)cc2)CC1. The number of piperidine rings is 1. The van der Waals surface area contributed by atoms with Gasteiger partial charge in [-0.3, -0.25) is 4.90 Å². The summed E-state index contributed by atoms with van der Waals surface area (Å²) in [6, 6.07) is 5.25. The third-order valence-electron chi connectivity index (χ3n) is 3.26. The van der Waals surface area contributed by atoms with Crippen molar-refractivity contribution in [2.45, 2.75) is 25.6 Å². The first-order valence-electron chi connectivity index (χ1n) is 6.07. The van der Waals surface area contributed by atoms with E-state index in [9.17, 15) is 13.2 Å². The first kappa shape index (κ1) is 13.9. The highest BCUT2D eigenvalue weighted by Gasteiger charge is 2.30. The molecule has 0 saturated carbocycles. The zero-order valence-electron chi connectivity index (χ0n) is 10.3. The standard InChI is InChI=1S/C13H15F3N2O/c14-13(15,16)11-3-1-10(2-4-11)9-18-7-5-12(17-19)6-8-18/h1-4,19H,5-9H2. The van der Waals surface area contributed by atoms with E-state index >= 15 is 0 Å². The molecule has 0 unspecified atom stereocenters. The second kappa shape index (κ2) is 5.61. The van der Waals surface area contributed by atoms with E-state index in [1.807, 2.05) is 0 Å². The summed E-state index contributed by atoms with van der Waals surface area (Å²) in [5.41, 5.74) is 1.02. The van der Waals surface area contributed by atoms with Crippen LogP contribution in [-0.2, 0) is 12.7 Å². The number of halogens is 3. The van der Waals surface area contributed by atoms with Crippen LogP contribution < -0.4 is 0 Å². The quantitative estimate of drug-likeness (QED) is 0.663. The van der Waals surface area contributed by atoms with Crippen LogP contribution in [0.1, 0.15) is 24.0 Å². The number of hydrogen-bond acceptors (Lipinski definition) is 3. The maximum atomic E-state index is 12.4. The van der Waals surface area contributed by atoms with Crippen molar-refractivity contribution >= 4 is 5.71 Å². The highest BCUT2D eigenvalue weighted by atomic mass is 19.4. The average molecular weight is 272 g/mol. The number of oxime groups is 1. The lowest BCUT2D eigenvalue weighted by Crippen LogP contribution is -2.33. The Morgan fingerprint density at radius 2 is 1.68 bits per heavy atom. The molecule has 19 heavy (non-hydrogen) atoms. The molecule has 2 rings (SSSR count). The van der Waals surface area contributed by atoms with Crippen LogP contribution in [0.3, 0.4) is 0 Å². The van der Waals surface area contributed by atoms with E-state index in [0.29, 0.717) is 19.4 Å². The molecule has 0 aromatic heterocycles. The van der Waals surface area contributed by atoms with Crippen LogP contribution in [-0.4, -0.2) is 28.9 Å². The molecule has 1 heterocycles. The van der Waals surface area contributed by atoms with E-state index in [4.69, 9.17) is 5.21 Å². The Labute approximate surface area is 109 Å². The number of likely N-dealkylation sites (tertiary alicyclic amines) is 1. The number of rotatable bonds is 2.